The van der Waals surface area contributed by atoms with Crippen molar-refractivity contribution in [3.05, 3.63) is 53.3 Å². The maximum Gasteiger partial charge on any atom is 0.139 e. The molecular formula is C17H16N4. The Labute approximate surface area is 123 Å². The van der Waals surface area contributed by atoms with Crippen LogP contribution in [-0.4, -0.2) is 17.0 Å². The smallest absolute Gasteiger partial charge is 0.139 e. The van der Waals surface area contributed by atoms with E-state index in [1.165, 1.54) is 11.1 Å². The van der Waals surface area contributed by atoms with Crippen molar-refractivity contribution in [3.8, 4) is 17.2 Å². The molecule has 104 valence electrons. The molecule has 0 unspecified atom stereocenters. The number of nitrogens with zero attached hydrogens (tertiary/aromatic N) is 2. The van der Waals surface area contributed by atoms with Gasteiger partial charge in [0.1, 0.15) is 11.7 Å². The first-order valence-corrected chi connectivity index (χ1v) is 6.85. The zero-order valence-corrected chi connectivity index (χ0v) is 12.1. The lowest BCUT2D eigenvalue weighted by atomic mass is 9.97. The van der Waals surface area contributed by atoms with Gasteiger partial charge < -0.3 is 10.3 Å². The zero-order chi connectivity index (χ0) is 14.8. The average Bonchev–Trinajstić information content (AvgIpc) is 2.92. The third-order valence-electron chi connectivity index (χ3n) is 3.71. The Kier molecular flexibility index (Phi) is 3.43. The van der Waals surface area contributed by atoms with E-state index in [4.69, 9.17) is 0 Å². The van der Waals surface area contributed by atoms with E-state index in [9.17, 15) is 5.26 Å². The number of fused-ring (bicyclic) bond motifs is 1. The van der Waals surface area contributed by atoms with Gasteiger partial charge in [-0.2, -0.15) is 5.26 Å². The Morgan fingerprint density at radius 1 is 1.33 bits per heavy atom. The van der Waals surface area contributed by atoms with Crippen molar-refractivity contribution >= 4 is 11.0 Å². The van der Waals surface area contributed by atoms with Crippen molar-refractivity contribution in [2.45, 2.75) is 13.5 Å². The SMILES string of the molecule is CNCc1ccc(-c2ccnc3[nH]cc(C#N)c23)cc1C. The number of aromatic nitrogens is 2. The van der Waals surface area contributed by atoms with Gasteiger partial charge in [-0.05, 0) is 42.3 Å². The van der Waals surface area contributed by atoms with Gasteiger partial charge in [-0.1, -0.05) is 18.2 Å². The monoisotopic (exact) mass is 276 g/mol. The molecule has 0 aliphatic rings. The summed E-state index contributed by atoms with van der Waals surface area (Å²) in [5.74, 6) is 0. The Hall–Kier alpha value is -2.64. The minimum atomic E-state index is 0.630. The molecule has 3 rings (SSSR count). The highest BCUT2D eigenvalue weighted by molar-refractivity contribution is 5.97. The number of hydrogen-bond acceptors (Lipinski definition) is 3. The highest BCUT2D eigenvalue weighted by Gasteiger charge is 2.11. The number of H-pyrrole nitrogens is 1. The molecule has 2 heterocycles. The summed E-state index contributed by atoms with van der Waals surface area (Å²) in [5, 5.41) is 13.3. The van der Waals surface area contributed by atoms with E-state index in [2.05, 4.69) is 46.5 Å². The van der Waals surface area contributed by atoms with Gasteiger partial charge in [-0.25, -0.2) is 4.98 Å². The van der Waals surface area contributed by atoms with Crippen LogP contribution in [0.25, 0.3) is 22.2 Å². The van der Waals surface area contributed by atoms with Gasteiger partial charge in [-0.3, -0.25) is 0 Å². The quantitative estimate of drug-likeness (QED) is 0.772. The maximum absolute atomic E-state index is 9.26. The first kappa shape index (κ1) is 13.3. The van der Waals surface area contributed by atoms with E-state index < -0.39 is 0 Å². The molecule has 0 fully saturated rings. The Bertz CT molecular complexity index is 840. The topological polar surface area (TPSA) is 64.5 Å². The van der Waals surface area contributed by atoms with Crippen LogP contribution in [0.4, 0.5) is 0 Å². The molecule has 4 nitrogen and oxygen atoms in total. The van der Waals surface area contributed by atoms with Crippen molar-refractivity contribution in [1.82, 2.24) is 15.3 Å². The molecule has 0 aliphatic heterocycles. The second kappa shape index (κ2) is 5.39. The highest BCUT2D eigenvalue weighted by Crippen LogP contribution is 2.30. The maximum atomic E-state index is 9.26. The number of hydrogen-bond donors (Lipinski definition) is 2. The van der Waals surface area contributed by atoms with E-state index >= 15 is 0 Å². The minimum Gasteiger partial charge on any atom is -0.345 e. The minimum absolute atomic E-state index is 0.630. The lowest BCUT2D eigenvalue weighted by molar-refractivity contribution is 0.812. The van der Waals surface area contributed by atoms with Gasteiger partial charge in [0, 0.05) is 24.3 Å². The molecular weight excluding hydrogens is 260 g/mol. The molecule has 3 aromatic rings. The molecule has 1 aromatic carbocycles. The van der Waals surface area contributed by atoms with Crippen LogP contribution in [0.1, 0.15) is 16.7 Å². The molecule has 21 heavy (non-hydrogen) atoms. The fourth-order valence-electron chi connectivity index (χ4n) is 2.64. The summed E-state index contributed by atoms with van der Waals surface area (Å²) < 4.78 is 0. The predicted molar refractivity (Wildman–Crippen MR) is 83.7 cm³/mol. The van der Waals surface area contributed by atoms with E-state index in [1.807, 2.05) is 13.1 Å². The molecule has 0 spiro atoms. The average molecular weight is 276 g/mol. The van der Waals surface area contributed by atoms with Crippen molar-refractivity contribution in [3.63, 3.8) is 0 Å². The molecule has 0 aliphatic carbocycles. The van der Waals surface area contributed by atoms with Crippen LogP contribution in [0.3, 0.4) is 0 Å². The molecule has 0 saturated carbocycles. The predicted octanol–water partition coefficient (Wildman–Crippen LogP) is 3.13. The number of pyridine rings is 1. The second-order valence-corrected chi connectivity index (χ2v) is 5.07. The van der Waals surface area contributed by atoms with E-state index in [1.54, 1.807) is 12.4 Å². The third kappa shape index (κ3) is 2.28. The van der Waals surface area contributed by atoms with Crippen LogP contribution in [0, 0.1) is 18.3 Å². The fourth-order valence-corrected chi connectivity index (χ4v) is 2.64. The van der Waals surface area contributed by atoms with Crippen molar-refractivity contribution in [2.75, 3.05) is 7.05 Å². The van der Waals surface area contributed by atoms with E-state index in [0.717, 1.165) is 28.7 Å². The number of rotatable bonds is 3. The Morgan fingerprint density at radius 2 is 2.19 bits per heavy atom. The number of nitriles is 1. The summed E-state index contributed by atoms with van der Waals surface area (Å²) in [4.78, 5) is 7.34. The van der Waals surface area contributed by atoms with Crippen molar-refractivity contribution in [2.24, 2.45) is 0 Å². The molecule has 0 bridgehead atoms. The summed E-state index contributed by atoms with van der Waals surface area (Å²) >= 11 is 0. The molecule has 2 N–H and O–H groups in total. The third-order valence-corrected chi connectivity index (χ3v) is 3.71. The lowest BCUT2D eigenvalue weighted by Gasteiger charge is -2.09. The summed E-state index contributed by atoms with van der Waals surface area (Å²) in [6.45, 7) is 2.96. The van der Waals surface area contributed by atoms with Crippen LogP contribution in [0.2, 0.25) is 0 Å². The number of nitrogens with one attached hydrogen (secondary N) is 2. The van der Waals surface area contributed by atoms with Crippen molar-refractivity contribution in [1.29, 1.82) is 5.26 Å². The lowest BCUT2D eigenvalue weighted by Crippen LogP contribution is -2.06. The summed E-state index contributed by atoms with van der Waals surface area (Å²) in [5.41, 5.74) is 6.04. The second-order valence-electron chi connectivity index (χ2n) is 5.07. The van der Waals surface area contributed by atoms with Gasteiger partial charge in [0.2, 0.25) is 0 Å². The molecule has 0 radical (unpaired) electrons. The molecule has 4 heteroatoms. The van der Waals surface area contributed by atoms with Crippen LogP contribution < -0.4 is 5.32 Å². The largest absolute Gasteiger partial charge is 0.345 e. The van der Waals surface area contributed by atoms with Gasteiger partial charge in [0.25, 0.3) is 0 Å². The summed E-state index contributed by atoms with van der Waals surface area (Å²) in [6.07, 6.45) is 3.48. The van der Waals surface area contributed by atoms with Gasteiger partial charge in [0.05, 0.1) is 5.56 Å². The normalized spacial score (nSPS) is 10.7. The highest BCUT2D eigenvalue weighted by atomic mass is 14.8. The zero-order valence-electron chi connectivity index (χ0n) is 12.1. The molecule has 0 amide bonds. The number of aryl methyl sites for hydroxylation is 1. The van der Waals surface area contributed by atoms with Gasteiger partial charge >= 0.3 is 0 Å². The first-order valence-electron chi connectivity index (χ1n) is 6.85. The van der Waals surface area contributed by atoms with Gasteiger partial charge in [0.15, 0.2) is 0 Å². The number of aromatic amines is 1. The van der Waals surface area contributed by atoms with E-state index in [-0.39, 0.29) is 0 Å². The van der Waals surface area contributed by atoms with Crippen molar-refractivity contribution < 1.29 is 0 Å². The molecule has 2 aromatic heterocycles. The molecule has 0 atom stereocenters. The van der Waals surface area contributed by atoms with E-state index in [0.29, 0.717) is 5.56 Å². The standard InChI is InChI=1S/C17H16N4/c1-11-7-12(3-4-13(11)9-19-2)15-5-6-20-17-16(15)14(8-18)10-21-17/h3-7,10,19H,9H2,1-2H3,(H,20,21). The Balaban J connectivity index is 2.19. The van der Waals surface area contributed by atoms with Gasteiger partial charge in [-0.15, -0.1) is 0 Å². The first-order chi connectivity index (χ1) is 10.2. The van der Waals surface area contributed by atoms with Crippen LogP contribution in [0.5, 0.6) is 0 Å². The molecule has 0 saturated heterocycles. The van der Waals surface area contributed by atoms with Crippen LogP contribution in [-0.2, 0) is 6.54 Å². The Morgan fingerprint density at radius 3 is 2.90 bits per heavy atom. The fraction of sp³-hybridized carbons (Fsp3) is 0.176. The van der Waals surface area contributed by atoms with Crippen LogP contribution >= 0.6 is 0 Å². The summed E-state index contributed by atoms with van der Waals surface area (Å²) in [6, 6.07) is 10.6. The van der Waals surface area contributed by atoms with Crippen LogP contribution in [0.15, 0.2) is 36.7 Å². The summed E-state index contributed by atoms with van der Waals surface area (Å²) in [7, 11) is 1.94. The number of benzene rings is 1.